The molecule has 1 saturated heterocycles. The lowest BCUT2D eigenvalue weighted by Crippen LogP contribution is -2.56. The van der Waals surface area contributed by atoms with E-state index in [-0.39, 0.29) is 24.2 Å². The number of aromatic amines is 1. The molecule has 11 heteroatoms. The number of esters is 1. The van der Waals surface area contributed by atoms with Gasteiger partial charge in [0.05, 0.1) is 18.3 Å². The van der Waals surface area contributed by atoms with Crippen LogP contribution in [0.3, 0.4) is 0 Å². The number of aryl methyl sites for hydroxylation is 1. The molecule has 9 nitrogen and oxygen atoms in total. The number of ether oxygens (including phenoxy) is 1. The number of hydrogen-bond donors (Lipinski definition) is 3. The van der Waals surface area contributed by atoms with Crippen LogP contribution in [0, 0.1) is 11.3 Å². The van der Waals surface area contributed by atoms with E-state index in [9.17, 15) is 14.4 Å². The summed E-state index contributed by atoms with van der Waals surface area (Å²) in [7, 11) is 0. The molecular formula is C32H45Cl2N5O4. The van der Waals surface area contributed by atoms with Crippen LogP contribution in [0.5, 0.6) is 0 Å². The lowest BCUT2D eigenvalue weighted by Gasteiger charge is -2.46. The highest BCUT2D eigenvalue weighted by atomic mass is 35.5. The number of aromatic nitrogens is 2. The number of carbonyl (C=O) groups is 3. The predicted molar refractivity (Wildman–Crippen MR) is 168 cm³/mol. The zero-order valence-corrected chi connectivity index (χ0v) is 26.7. The zero-order chi connectivity index (χ0) is 30.7. The fourth-order valence-electron chi connectivity index (χ4n) is 6.61. The van der Waals surface area contributed by atoms with E-state index in [1.165, 1.54) is 6.42 Å². The van der Waals surface area contributed by atoms with Crippen LogP contribution in [0.1, 0.15) is 82.4 Å². The van der Waals surface area contributed by atoms with Crippen LogP contribution < -0.4 is 10.6 Å². The standard InChI is InChI=1S/C32H45Cl2N5O4/c1-2-43-30(41)32(24-9-5-3-6-10-24)14-17-39(18-15-32)29(40)28(19-23-12-13-25(33)20-27(23)34)38-31(42)36-16-8-4-7-11-26-21-35-22-37-26/h12-13,20-22,24,28H,2-11,14-19H2,1H3,(H,35,37)(H2,36,38,42)/t28-/m1/s1. The van der Waals surface area contributed by atoms with Crippen molar-refractivity contribution in [3.8, 4) is 0 Å². The van der Waals surface area contributed by atoms with Crippen LogP contribution in [0.25, 0.3) is 0 Å². The lowest BCUT2D eigenvalue weighted by molar-refractivity contribution is -0.166. The number of halogens is 2. The second kappa shape index (κ2) is 16.3. The van der Waals surface area contributed by atoms with Crippen molar-refractivity contribution in [1.82, 2.24) is 25.5 Å². The van der Waals surface area contributed by atoms with E-state index in [0.717, 1.165) is 62.6 Å². The highest BCUT2D eigenvalue weighted by Crippen LogP contribution is 2.47. The average molecular weight is 635 g/mol. The third-order valence-corrected chi connectivity index (χ3v) is 9.63. The van der Waals surface area contributed by atoms with Crippen molar-refractivity contribution in [3.05, 3.63) is 52.0 Å². The van der Waals surface area contributed by atoms with E-state index in [0.29, 0.717) is 49.1 Å². The smallest absolute Gasteiger partial charge is 0.315 e. The second-order valence-electron chi connectivity index (χ2n) is 11.8. The van der Waals surface area contributed by atoms with Crippen molar-refractivity contribution in [2.75, 3.05) is 26.2 Å². The molecule has 236 valence electrons. The molecule has 1 aliphatic heterocycles. The maximum atomic E-state index is 13.9. The van der Waals surface area contributed by atoms with Gasteiger partial charge in [-0.25, -0.2) is 9.78 Å². The lowest BCUT2D eigenvalue weighted by atomic mass is 9.63. The number of urea groups is 1. The molecule has 0 spiro atoms. The summed E-state index contributed by atoms with van der Waals surface area (Å²) in [6.45, 7) is 3.58. The van der Waals surface area contributed by atoms with Gasteiger partial charge in [0.1, 0.15) is 6.04 Å². The van der Waals surface area contributed by atoms with E-state index >= 15 is 0 Å². The Morgan fingerprint density at radius 2 is 1.88 bits per heavy atom. The van der Waals surface area contributed by atoms with E-state index in [4.69, 9.17) is 27.9 Å². The fraction of sp³-hybridized carbons (Fsp3) is 0.625. The van der Waals surface area contributed by atoms with Crippen LogP contribution >= 0.6 is 23.2 Å². The van der Waals surface area contributed by atoms with Crippen molar-refractivity contribution in [3.63, 3.8) is 0 Å². The second-order valence-corrected chi connectivity index (χ2v) is 12.7. The van der Waals surface area contributed by atoms with Gasteiger partial charge in [-0.3, -0.25) is 9.59 Å². The molecule has 1 aliphatic carbocycles. The molecule has 4 rings (SSSR count). The Labute approximate surface area is 264 Å². The van der Waals surface area contributed by atoms with Gasteiger partial charge >= 0.3 is 12.0 Å². The Morgan fingerprint density at radius 3 is 2.56 bits per heavy atom. The molecule has 2 fully saturated rings. The average Bonchev–Trinajstić information content (AvgIpc) is 3.54. The summed E-state index contributed by atoms with van der Waals surface area (Å²) in [5, 5.41) is 6.76. The van der Waals surface area contributed by atoms with E-state index in [1.807, 2.05) is 13.1 Å². The molecule has 2 aliphatic rings. The molecule has 3 amide bonds. The Balaban J connectivity index is 1.37. The first kappa shape index (κ1) is 33.1. The van der Waals surface area contributed by atoms with Gasteiger partial charge in [0.25, 0.3) is 0 Å². The molecule has 1 saturated carbocycles. The SMILES string of the molecule is CCOC(=O)C1(C2CCCCC2)CCN(C(=O)[C@@H](Cc2ccc(Cl)cc2Cl)NC(=O)NCCCCCc2cnc[nH]2)CC1. The summed E-state index contributed by atoms with van der Waals surface area (Å²) >= 11 is 12.6. The van der Waals surface area contributed by atoms with Crippen LogP contribution in [0.2, 0.25) is 10.0 Å². The Kier molecular flexibility index (Phi) is 12.6. The van der Waals surface area contributed by atoms with Gasteiger partial charge in [0.15, 0.2) is 0 Å². The topological polar surface area (TPSA) is 116 Å². The molecule has 1 aromatic heterocycles. The van der Waals surface area contributed by atoms with Crippen LogP contribution in [0.4, 0.5) is 4.79 Å². The van der Waals surface area contributed by atoms with E-state index in [2.05, 4.69) is 20.6 Å². The van der Waals surface area contributed by atoms with Gasteiger partial charge < -0.3 is 25.3 Å². The first-order chi connectivity index (χ1) is 20.8. The van der Waals surface area contributed by atoms with E-state index in [1.54, 1.807) is 29.4 Å². The summed E-state index contributed by atoms with van der Waals surface area (Å²) in [6.07, 6.45) is 14.1. The number of unbranched alkanes of at least 4 members (excludes halogenated alkanes) is 2. The molecule has 0 bridgehead atoms. The van der Waals surface area contributed by atoms with Gasteiger partial charge in [-0.15, -0.1) is 0 Å². The first-order valence-corrected chi connectivity index (χ1v) is 16.5. The van der Waals surface area contributed by atoms with Crippen LogP contribution in [-0.2, 0) is 27.2 Å². The van der Waals surface area contributed by atoms with Crippen LogP contribution in [0.15, 0.2) is 30.7 Å². The summed E-state index contributed by atoms with van der Waals surface area (Å²) < 4.78 is 5.58. The summed E-state index contributed by atoms with van der Waals surface area (Å²) in [4.78, 5) is 49.1. The molecule has 0 unspecified atom stereocenters. The molecule has 1 atom stereocenters. The Bertz CT molecular complexity index is 1190. The molecular weight excluding hydrogens is 589 g/mol. The number of piperidine rings is 1. The molecule has 2 heterocycles. The monoisotopic (exact) mass is 633 g/mol. The van der Waals surface area contributed by atoms with Gasteiger partial charge in [-0.05, 0) is 75.5 Å². The fourth-order valence-corrected chi connectivity index (χ4v) is 7.10. The largest absolute Gasteiger partial charge is 0.466 e. The number of likely N-dealkylation sites (tertiary alicyclic amines) is 1. The van der Waals surface area contributed by atoms with Crippen LogP contribution in [-0.4, -0.2) is 65.1 Å². The minimum absolute atomic E-state index is 0.124. The first-order valence-electron chi connectivity index (χ1n) is 15.7. The highest BCUT2D eigenvalue weighted by Gasteiger charge is 2.49. The molecule has 43 heavy (non-hydrogen) atoms. The van der Waals surface area contributed by atoms with Crippen molar-refractivity contribution < 1.29 is 19.1 Å². The third kappa shape index (κ3) is 9.11. The van der Waals surface area contributed by atoms with Crippen molar-refractivity contribution in [2.45, 2.75) is 90.0 Å². The van der Waals surface area contributed by atoms with Gasteiger partial charge in [-0.1, -0.05) is 55.0 Å². The Morgan fingerprint density at radius 1 is 1.12 bits per heavy atom. The van der Waals surface area contributed by atoms with Gasteiger partial charge in [0.2, 0.25) is 5.91 Å². The zero-order valence-electron chi connectivity index (χ0n) is 25.1. The minimum Gasteiger partial charge on any atom is -0.466 e. The highest BCUT2D eigenvalue weighted by molar-refractivity contribution is 6.35. The van der Waals surface area contributed by atoms with Crippen molar-refractivity contribution in [2.24, 2.45) is 11.3 Å². The number of nitrogens with one attached hydrogen (secondary N) is 3. The molecule has 1 aromatic carbocycles. The predicted octanol–water partition coefficient (Wildman–Crippen LogP) is 6.09. The van der Waals surface area contributed by atoms with Gasteiger partial charge in [-0.2, -0.15) is 0 Å². The number of hydrogen-bond acceptors (Lipinski definition) is 5. The normalized spacial score (nSPS) is 17.7. The summed E-state index contributed by atoms with van der Waals surface area (Å²) in [6, 6.07) is 3.95. The minimum atomic E-state index is -0.816. The third-order valence-electron chi connectivity index (χ3n) is 9.04. The van der Waals surface area contributed by atoms with Crippen molar-refractivity contribution >= 4 is 41.1 Å². The van der Waals surface area contributed by atoms with E-state index < -0.39 is 17.5 Å². The number of H-pyrrole nitrogens is 1. The number of nitrogens with zero attached hydrogens (tertiary/aromatic N) is 2. The maximum Gasteiger partial charge on any atom is 0.315 e. The number of benzene rings is 1. The summed E-state index contributed by atoms with van der Waals surface area (Å²) in [5.74, 6) is -0.0213. The summed E-state index contributed by atoms with van der Waals surface area (Å²) in [5.41, 5.74) is 1.28. The van der Waals surface area contributed by atoms with Gasteiger partial charge in [0, 0.05) is 48.0 Å². The number of amides is 3. The number of carbonyl (C=O) groups excluding carboxylic acids is 3. The number of rotatable bonds is 13. The quantitative estimate of drug-likeness (QED) is 0.182. The van der Waals surface area contributed by atoms with Crippen molar-refractivity contribution in [1.29, 1.82) is 0 Å². The molecule has 3 N–H and O–H groups in total. The Hall–Kier alpha value is -2.78. The number of imidazole rings is 1. The maximum absolute atomic E-state index is 13.9. The molecule has 2 aromatic rings. The molecule has 0 radical (unpaired) electrons.